The second-order valence-corrected chi connectivity index (χ2v) is 6.95. The Morgan fingerprint density at radius 1 is 1.30 bits per heavy atom. The molecule has 0 aliphatic rings. The maximum absolute atomic E-state index is 12.8. The largest absolute Gasteiger partial charge is 0.480 e. The van der Waals surface area contributed by atoms with Gasteiger partial charge in [0.25, 0.3) is 11.5 Å². The molecule has 0 aliphatic heterocycles. The first kappa shape index (κ1) is 18.7. The Labute approximate surface area is 157 Å². The van der Waals surface area contributed by atoms with Crippen molar-refractivity contribution in [2.24, 2.45) is 0 Å². The molecule has 9 heteroatoms. The monoisotopic (exact) mass is 387 g/mol. The number of benzene rings is 1. The van der Waals surface area contributed by atoms with Crippen LogP contribution < -0.4 is 10.9 Å². The number of carboxylic acid groups (broad SMARTS) is 1. The quantitative estimate of drug-likeness (QED) is 0.580. The number of aliphatic hydroxyl groups excluding tert-OH is 1. The van der Waals surface area contributed by atoms with E-state index in [4.69, 9.17) is 10.2 Å². The van der Waals surface area contributed by atoms with E-state index < -0.39 is 24.5 Å². The molecule has 0 fully saturated rings. The molecule has 1 aromatic carbocycles. The number of thiophene rings is 1. The van der Waals surface area contributed by atoms with Gasteiger partial charge in [-0.05, 0) is 18.1 Å². The molecule has 1 amide bonds. The van der Waals surface area contributed by atoms with E-state index in [1.165, 1.54) is 10.9 Å². The number of carbonyl (C=O) groups excluding carboxylic acids is 1. The molecule has 0 radical (unpaired) electrons. The Morgan fingerprint density at radius 3 is 2.63 bits per heavy atom. The minimum atomic E-state index is -1.41. The van der Waals surface area contributed by atoms with Crippen molar-refractivity contribution in [1.82, 2.24) is 14.9 Å². The van der Waals surface area contributed by atoms with Gasteiger partial charge in [0.2, 0.25) is 0 Å². The van der Waals surface area contributed by atoms with E-state index in [0.717, 1.165) is 16.9 Å². The number of aliphatic hydroxyl groups is 1. The normalized spacial score (nSPS) is 12.1. The number of rotatable bonds is 6. The second kappa shape index (κ2) is 7.68. The van der Waals surface area contributed by atoms with Gasteiger partial charge >= 0.3 is 5.97 Å². The minimum absolute atomic E-state index is 0.201. The first-order valence-corrected chi connectivity index (χ1v) is 8.91. The Hall–Kier alpha value is -3.04. The van der Waals surface area contributed by atoms with E-state index in [2.05, 4.69) is 10.3 Å². The second-order valence-electron chi connectivity index (χ2n) is 5.95. The van der Waals surface area contributed by atoms with Crippen molar-refractivity contribution in [2.45, 2.75) is 19.5 Å². The van der Waals surface area contributed by atoms with Gasteiger partial charge in [0, 0.05) is 0 Å². The average molecular weight is 387 g/mol. The molecule has 0 saturated heterocycles. The Balaban J connectivity index is 1.97. The molecule has 0 saturated carbocycles. The van der Waals surface area contributed by atoms with Gasteiger partial charge in [-0.3, -0.25) is 14.2 Å². The summed E-state index contributed by atoms with van der Waals surface area (Å²) in [5, 5.41) is 20.6. The lowest BCUT2D eigenvalue weighted by atomic mass is 10.2. The smallest absolute Gasteiger partial charge is 0.328 e. The number of fused-ring (bicyclic) bond motifs is 1. The summed E-state index contributed by atoms with van der Waals surface area (Å²) in [6, 6.07) is 8.03. The third kappa shape index (κ3) is 3.74. The van der Waals surface area contributed by atoms with Crippen LogP contribution in [0.25, 0.3) is 10.2 Å². The summed E-state index contributed by atoms with van der Waals surface area (Å²) < 4.78 is 1.47. The number of nitrogens with one attached hydrogen (secondary N) is 1. The number of hydrogen-bond donors (Lipinski definition) is 3. The number of aliphatic carboxylic acids is 1. The lowest BCUT2D eigenvalue weighted by Gasteiger charge is -2.10. The number of aromatic nitrogens is 2. The number of amides is 1. The van der Waals surface area contributed by atoms with Gasteiger partial charge in [0.15, 0.2) is 6.04 Å². The van der Waals surface area contributed by atoms with E-state index in [1.54, 1.807) is 6.92 Å². The van der Waals surface area contributed by atoms with Crippen molar-refractivity contribution in [1.29, 1.82) is 0 Å². The predicted octanol–water partition coefficient (Wildman–Crippen LogP) is 0.990. The third-order valence-corrected chi connectivity index (χ3v) is 5.30. The van der Waals surface area contributed by atoms with Gasteiger partial charge in [-0.15, -0.1) is 11.3 Å². The molecule has 3 aromatic rings. The first-order chi connectivity index (χ1) is 12.9. The fourth-order valence-electron chi connectivity index (χ4n) is 2.68. The Bertz CT molecular complexity index is 1060. The van der Waals surface area contributed by atoms with E-state index in [-0.39, 0.29) is 10.4 Å². The summed E-state index contributed by atoms with van der Waals surface area (Å²) in [5.74, 6) is -2.00. The fraction of sp³-hybridized carbons (Fsp3) is 0.222. The van der Waals surface area contributed by atoms with E-state index in [0.29, 0.717) is 22.3 Å². The van der Waals surface area contributed by atoms with Crippen LogP contribution in [0.3, 0.4) is 0 Å². The standard InChI is InChI=1S/C18H17N3O5S/c1-10-13-16(27-14(10)15(23)20-12(8-22)18(25)26)19-9-21(17(13)24)7-11-5-3-2-4-6-11/h2-6,9,12,22H,7-8H2,1H3,(H,20,23)(H,25,26). The molecule has 0 spiro atoms. The highest BCUT2D eigenvalue weighted by Gasteiger charge is 2.24. The van der Waals surface area contributed by atoms with Crippen LogP contribution in [-0.4, -0.2) is 44.3 Å². The van der Waals surface area contributed by atoms with Gasteiger partial charge < -0.3 is 15.5 Å². The third-order valence-electron chi connectivity index (χ3n) is 4.11. The molecule has 1 unspecified atom stereocenters. The van der Waals surface area contributed by atoms with Crippen molar-refractivity contribution >= 4 is 33.4 Å². The van der Waals surface area contributed by atoms with Crippen LogP contribution in [-0.2, 0) is 11.3 Å². The zero-order valence-corrected chi connectivity index (χ0v) is 15.2. The highest BCUT2D eigenvalue weighted by molar-refractivity contribution is 7.20. The van der Waals surface area contributed by atoms with Crippen molar-refractivity contribution in [3.05, 3.63) is 63.0 Å². The maximum Gasteiger partial charge on any atom is 0.328 e. The highest BCUT2D eigenvalue weighted by Crippen LogP contribution is 2.26. The highest BCUT2D eigenvalue weighted by atomic mass is 32.1. The molecule has 140 valence electrons. The van der Waals surface area contributed by atoms with Crippen molar-refractivity contribution in [3.63, 3.8) is 0 Å². The first-order valence-electron chi connectivity index (χ1n) is 8.09. The molecule has 8 nitrogen and oxygen atoms in total. The summed E-state index contributed by atoms with van der Waals surface area (Å²) in [4.78, 5) is 41.1. The lowest BCUT2D eigenvalue weighted by molar-refractivity contribution is -0.140. The number of carbonyl (C=O) groups is 2. The number of nitrogens with zero attached hydrogens (tertiary/aromatic N) is 2. The van der Waals surface area contributed by atoms with Gasteiger partial charge in [-0.2, -0.15) is 0 Å². The van der Waals surface area contributed by atoms with Crippen LogP contribution >= 0.6 is 11.3 Å². The van der Waals surface area contributed by atoms with E-state index in [9.17, 15) is 14.4 Å². The van der Waals surface area contributed by atoms with Crippen LogP contribution in [0.4, 0.5) is 0 Å². The molecule has 0 bridgehead atoms. The molecule has 3 N–H and O–H groups in total. The average Bonchev–Trinajstić information content (AvgIpc) is 3.00. The van der Waals surface area contributed by atoms with Crippen molar-refractivity contribution in [3.8, 4) is 0 Å². The van der Waals surface area contributed by atoms with Gasteiger partial charge in [0.1, 0.15) is 4.83 Å². The maximum atomic E-state index is 12.8. The van der Waals surface area contributed by atoms with Crippen molar-refractivity contribution in [2.75, 3.05) is 6.61 Å². The van der Waals surface area contributed by atoms with E-state index >= 15 is 0 Å². The number of hydrogen-bond acceptors (Lipinski definition) is 6. The molecular formula is C18H17N3O5S. The van der Waals surface area contributed by atoms with Gasteiger partial charge in [-0.1, -0.05) is 30.3 Å². The molecular weight excluding hydrogens is 370 g/mol. The van der Waals surface area contributed by atoms with Crippen LogP contribution in [0.15, 0.2) is 41.5 Å². The van der Waals surface area contributed by atoms with Crippen molar-refractivity contribution < 1.29 is 19.8 Å². The van der Waals surface area contributed by atoms with Crippen LogP contribution in [0.2, 0.25) is 0 Å². The predicted molar refractivity (Wildman–Crippen MR) is 100 cm³/mol. The van der Waals surface area contributed by atoms with Crippen LogP contribution in [0.5, 0.6) is 0 Å². The topological polar surface area (TPSA) is 122 Å². The molecule has 0 aliphatic carbocycles. The number of carboxylic acids is 1. The zero-order chi connectivity index (χ0) is 19.6. The zero-order valence-electron chi connectivity index (χ0n) is 14.4. The lowest BCUT2D eigenvalue weighted by Crippen LogP contribution is -2.43. The SMILES string of the molecule is Cc1c(C(=O)NC(CO)C(=O)O)sc2ncn(Cc3ccccc3)c(=O)c12. The van der Waals surface area contributed by atoms with Crippen LogP contribution in [0.1, 0.15) is 20.8 Å². The minimum Gasteiger partial charge on any atom is -0.480 e. The molecule has 2 heterocycles. The Morgan fingerprint density at radius 2 is 2.00 bits per heavy atom. The summed E-state index contributed by atoms with van der Waals surface area (Å²) in [6.07, 6.45) is 1.43. The molecule has 2 aromatic heterocycles. The summed E-state index contributed by atoms with van der Waals surface area (Å²) in [5.41, 5.74) is 1.11. The molecule has 3 rings (SSSR count). The Kier molecular flexibility index (Phi) is 5.33. The molecule has 1 atom stereocenters. The fourth-order valence-corrected chi connectivity index (χ4v) is 3.72. The van der Waals surface area contributed by atoms with Gasteiger partial charge in [0.05, 0.1) is 29.7 Å². The summed E-state index contributed by atoms with van der Waals surface area (Å²) in [6.45, 7) is 1.25. The summed E-state index contributed by atoms with van der Waals surface area (Å²) >= 11 is 1.01. The van der Waals surface area contributed by atoms with E-state index in [1.807, 2.05) is 30.3 Å². The molecule has 27 heavy (non-hydrogen) atoms. The summed E-state index contributed by atoms with van der Waals surface area (Å²) in [7, 11) is 0. The van der Waals surface area contributed by atoms with Crippen LogP contribution in [0, 0.1) is 6.92 Å². The number of aryl methyl sites for hydroxylation is 1. The van der Waals surface area contributed by atoms with Gasteiger partial charge in [-0.25, -0.2) is 9.78 Å².